The minimum atomic E-state index is -0.509. The normalized spacial score (nSPS) is 21.0. The van der Waals surface area contributed by atoms with Crippen molar-refractivity contribution >= 4 is 46.0 Å². The third-order valence-electron chi connectivity index (χ3n) is 4.92. The van der Waals surface area contributed by atoms with Crippen LogP contribution in [0.15, 0.2) is 42.6 Å². The van der Waals surface area contributed by atoms with Crippen molar-refractivity contribution in [3.63, 3.8) is 0 Å². The van der Waals surface area contributed by atoms with Crippen molar-refractivity contribution in [2.45, 2.75) is 19.0 Å². The summed E-state index contributed by atoms with van der Waals surface area (Å²) in [7, 11) is 1.69. The summed E-state index contributed by atoms with van der Waals surface area (Å²) in [4.78, 5) is 35.9. The van der Waals surface area contributed by atoms with Crippen LogP contribution in [-0.2, 0) is 11.3 Å². The maximum Gasteiger partial charge on any atom is 0.325 e. The molecule has 1 fully saturated rings. The summed E-state index contributed by atoms with van der Waals surface area (Å²) in [6, 6.07) is 7.25. The van der Waals surface area contributed by atoms with E-state index in [4.69, 9.17) is 17.3 Å². The Morgan fingerprint density at radius 2 is 2.18 bits per heavy atom. The molecule has 2 heterocycles. The molecule has 0 saturated heterocycles. The van der Waals surface area contributed by atoms with Crippen LogP contribution in [0.25, 0.3) is 0 Å². The lowest BCUT2D eigenvalue weighted by Gasteiger charge is -2.34. The number of amides is 2. The molecule has 144 valence electrons. The van der Waals surface area contributed by atoms with E-state index in [1.165, 1.54) is 11.0 Å². The maximum atomic E-state index is 12.8. The maximum absolute atomic E-state index is 12.8. The molecule has 2 aromatic rings. The molecule has 2 atom stereocenters. The zero-order chi connectivity index (χ0) is 19.8. The third-order valence-corrected chi connectivity index (χ3v) is 5.05. The molecule has 3 N–H and O–H groups in total. The van der Waals surface area contributed by atoms with Gasteiger partial charge in [-0.2, -0.15) is 4.98 Å². The summed E-state index contributed by atoms with van der Waals surface area (Å²) in [6.07, 6.45) is 5.63. The predicted molar refractivity (Wildman–Crippen MR) is 107 cm³/mol. The van der Waals surface area contributed by atoms with Gasteiger partial charge in [-0.1, -0.05) is 18.2 Å². The SMILES string of the molecule is CN1C(=O)N(C2CC2/C=C/C(=O)Cl)Cc2cnc(Nc3ccccc3N)nc21. The molecule has 2 unspecified atom stereocenters. The number of rotatable bonds is 5. The minimum Gasteiger partial charge on any atom is -0.397 e. The summed E-state index contributed by atoms with van der Waals surface area (Å²) < 4.78 is 0. The Morgan fingerprint density at radius 3 is 2.93 bits per heavy atom. The zero-order valence-corrected chi connectivity index (χ0v) is 15.9. The van der Waals surface area contributed by atoms with E-state index >= 15 is 0 Å². The lowest BCUT2D eigenvalue weighted by Crippen LogP contribution is -2.47. The van der Waals surface area contributed by atoms with E-state index in [1.807, 2.05) is 18.2 Å². The molecule has 1 saturated carbocycles. The Balaban J connectivity index is 1.53. The number of urea groups is 1. The van der Waals surface area contributed by atoms with Gasteiger partial charge in [0.15, 0.2) is 0 Å². The first-order valence-electron chi connectivity index (χ1n) is 8.83. The molecule has 8 nitrogen and oxygen atoms in total. The summed E-state index contributed by atoms with van der Waals surface area (Å²) in [5, 5.41) is 2.58. The fourth-order valence-electron chi connectivity index (χ4n) is 3.35. The molecule has 1 aliphatic heterocycles. The lowest BCUT2D eigenvalue weighted by molar-refractivity contribution is -0.107. The average Bonchev–Trinajstić information content (AvgIpc) is 3.44. The standard InChI is InChI=1S/C19H19ClN6O2/c1-25-17-12(9-22-18(24-17)23-14-5-3-2-4-13(14)21)10-26(19(25)28)15-8-11(15)6-7-16(20)27/h2-7,9,11,15H,8,10,21H2,1H3,(H,22,23,24)/b7-6+. The van der Waals surface area contributed by atoms with E-state index in [0.29, 0.717) is 29.7 Å². The highest BCUT2D eigenvalue weighted by molar-refractivity contribution is 6.66. The van der Waals surface area contributed by atoms with Gasteiger partial charge >= 0.3 is 6.03 Å². The number of benzene rings is 1. The number of nitrogens with one attached hydrogen (secondary N) is 1. The molecule has 0 spiro atoms. The number of nitrogens with zero attached hydrogens (tertiary/aromatic N) is 4. The number of para-hydroxylation sites is 2. The van der Waals surface area contributed by atoms with E-state index in [9.17, 15) is 9.59 Å². The monoisotopic (exact) mass is 398 g/mol. The quantitative estimate of drug-likeness (QED) is 0.456. The number of hydrogen-bond donors (Lipinski definition) is 2. The Kier molecular flexibility index (Phi) is 4.64. The molecule has 9 heteroatoms. The number of carbonyl (C=O) groups is 2. The molecule has 1 aromatic heterocycles. The number of anilines is 4. The highest BCUT2D eigenvalue weighted by Gasteiger charge is 2.45. The second-order valence-corrected chi connectivity index (χ2v) is 7.23. The van der Waals surface area contributed by atoms with Gasteiger partial charge in [0.1, 0.15) is 5.82 Å². The van der Waals surface area contributed by atoms with Crippen LogP contribution in [0.2, 0.25) is 0 Å². The van der Waals surface area contributed by atoms with Crippen molar-refractivity contribution in [3.05, 3.63) is 48.2 Å². The second-order valence-electron chi connectivity index (χ2n) is 6.85. The van der Waals surface area contributed by atoms with Gasteiger partial charge in [-0.15, -0.1) is 0 Å². The molecule has 0 bridgehead atoms. The summed E-state index contributed by atoms with van der Waals surface area (Å²) in [5.41, 5.74) is 8.09. The first-order chi connectivity index (χ1) is 13.4. The van der Waals surface area contributed by atoms with Crippen molar-refractivity contribution in [3.8, 4) is 0 Å². The van der Waals surface area contributed by atoms with Crippen molar-refractivity contribution in [2.75, 3.05) is 23.0 Å². The van der Waals surface area contributed by atoms with E-state index in [-0.39, 0.29) is 18.0 Å². The topological polar surface area (TPSA) is 104 Å². The van der Waals surface area contributed by atoms with Crippen molar-refractivity contribution in [1.82, 2.24) is 14.9 Å². The number of fused-ring (bicyclic) bond motifs is 1. The number of hydrogen-bond acceptors (Lipinski definition) is 6. The largest absolute Gasteiger partial charge is 0.397 e. The van der Waals surface area contributed by atoms with Crippen molar-refractivity contribution < 1.29 is 9.59 Å². The molecule has 1 aromatic carbocycles. The van der Waals surface area contributed by atoms with E-state index in [2.05, 4.69) is 15.3 Å². The average molecular weight is 399 g/mol. The Labute approximate surface area is 167 Å². The van der Waals surface area contributed by atoms with Crippen LogP contribution < -0.4 is 16.0 Å². The number of nitrogen functional groups attached to an aromatic ring is 1. The van der Waals surface area contributed by atoms with Crippen LogP contribution in [0, 0.1) is 5.92 Å². The Bertz CT molecular complexity index is 979. The molecular weight excluding hydrogens is 380 g/mol. The van der Waals surface area contributed by atoms with Crippen LogP contribution in [0.3, 0.4) is 0 Å². The number of halogens is 1. The van der Waals surface area contributed by atoms with Gasteiger partial charge in [-0.25, -0.2) is 9.78 Å². The van der Waals surface area contributed by atoms with Crippen LogP contribution in [0.5, 0.6) is 0 Å². The predicted octanol–water partition coefficient (Wildman–Crippen LogP) is 2.88. The lowest BCUT2D eigenvalue weighted by atomic mass is 10.2. The second kappa shape index (κ2) is 7.12. The van der Waals surface area contributed by atoms with Crippen molar-refractivity contribution in [1.29, 1.82) is 0 Å². The fraction of sp³-hybridized carbons (Fsp3) is 0.263. The molecule has 28 heavy (non-hydrogen) atoms. The third kappa shape index (κ3) is 3.50. The van der Waals surface area contributed by atoms with Crippen LogP contribution in [0.1, 0.15) is 12.0 Å². The molecular formula is C19H19ClN6O2. The molecule has 4 rings (SSSR count). The van der Waals surface area contributed by atoms with E-state index < -0.39 is 5.24 Å². The van der Waals surface area contributed by atoms with Gasteiger partial charge in [0.25, 0.3) is 0 Å². The van der Waals surface area contributed by atoms with E-state index in [1.54, 1.807) is 30.3 Å². The van der Waals surface area contributed by atoms with Crippen LogP contribution in [0.4, 0.5) is 27.9 Å². The first kappa shape index (κ1) is 18.2. The minimum absolute atomic E-state index is 0.0530. The number of nitrogens with two attached hydrogens (primary N) is 1. The van der Waals surface area contributed by atoms with Gasteiger partial charge in [-0.3, -0.25) is 9.69 Å². The number of allylic oxidation sites excluding steroid dienone is 1. The van der Waals surface area contributed by atoms with E-state index in [0.717, 1.165) is 12.0 Å². The highest BCUT2D eigenvalue weighted by Crippen LogP contribution is 2.41. The molecule has 1 aliphatic carbocycles. The summed E-state index contributed by atoms with van der Waals surface area (Å²) >= 11 is 5.34. The number of carbonyl (C=O) groups excluding carboxylic acids is 2. The Hall–Kier alpha value is -3.13. The first-order valence-corrected chi connectivity index (χ1v) is 9.21. The van der Waals surface area contributed by atoms with Crippen molar-refractivity contribution in [2.24, 2.45) is 5.92 Å². The number of aromatic nitrogens is 2. The fourth-order valence-corrected chi connectivity index (χ4v) is 3.42. The smallest absolute Gasteiger partial charge is 0.325 e. The van der Waals surface area contributed by atoms with Crippen LogP contribution in [-0.4, -0.2) is 39.2 Å². The summed E-state index contributed by atoms with van der Waals surface area (Å²) in [6.45, 7) is 0.427. The highest BCUT2D eigenvalue weighted by atomic mass is 35.5. The summed E-state index contributed by atoms with van der Waals surface area (Å²) in [5.74, 6) is 1.08. The van der Waals surface area contributed by atoms with Gasteiger partial charge in [0.05, 0.1) is 17.9 Å². The van der Waals surface area contributed by atoms with Gasteiger partial charge < -0.3 is 16.0 Å². The van der Waals surface area contributed by atoms with Gasteiger partial charge in [0, 0.05) is 24.8 Å². The van der Waals surface area contributed by atoms with Gasteiger partial charge in [-0.05, 0) is 42.1 Å². The van der Waals surface area contributed by atoms with Gasteiger partial charge in [0.2, 0.25) is 11.2 Å². The van der Waals surface area contributed by atoms with Crippen LogP contribution >= 0.6 is 11.6 Å². The molecule has 0 radical (unpaired) electrons. The zero-order valence-electron chi connectivity index (χ0n) is 15.2. The Morgan fingerprint density at radius 1 is 1.39 bits per heavy atom. The molecule has 2 aliphatic rings. The molecule has 2 amide bonds.